The molecule has 2 aromatic carbocycles. The van der Waals surface area contributed by atoms with Crippen LogP contribution in [0.1, 0.15) is 12.8 Å². The molecule has 0 bridgehead atoms. The minimum atomic E-state index is -3.50. The van der Waals surface area contributed by atoms with Crippen LogP contribution in [0.3, 0.4) is 0 Å². The molecule has 0 saturated carbocycles. The molecule has 0 radical (unpaired) electrons. The number of fused-ring (bicyclic) bond motifs is 1. The van der Waals surface area contributed by atoms with Crippen molar-refractivity contribution in [3.8, 4) is 0 Å². The number of rotatable bonds is 3. The molecule has 1 aliphatic heterocycles. The molecule has 1 aliphatic rings. The Hall–Kier alpha value is -1.24. The summed E-state index contributed by atoms with van der Waals surface area (Å²) in [6, 6.07) is 10.6. The molecular weight excluding hydrogens is 304 g/mol. The lowest BCUT2D eigenvalue weighted by Gasteiger charge is -2.22. The first-order valence-electron chi connectivity index (χ1n) is 6.94. The predicted octanol–water partition coefficient (Wildman–Crippen LogP) is 2.60. The number of hydrogen-bond acceptors (Lipinski definition) is 4. The Bertz CT molecular complexity index is 753. The second-order valence-corrected chi connectivity index (χ2v) is 8.15. The molecule has 3 N–H and O–H groups in total. The van der Waals surface area contributed by atoms with Gasteiger partial charge in [0.15, 0.2) is 0 Å². The lowest BCUT2D eigenvalue weighted by atomic mass is 10.1. The molecule has 21 heavy (non-hydrogen) atoms. The van der Waals surface area contributed by atoms with Crippen molar-refractivity contribution in [2.45, 2.75) is 23.8 Å². The van der Waals surface area contributed by atoms with E-state index in [0.717, 1.165) is 29.7 Å². The van der Waals surface area contributed by atoms with Crippen LogP contribution in [-0.2, 0) is 10.0 Å². The number of nitrogens with one attached hydrogen (secondary N) is 1. The summed E-state index contributed by atoms with van der Waals surface area (Å²) in [4.78, 5) is 0.332. The van der Waals surface area contributed by atoms with E-state index in [-0.39, 0.29) is 6.04 Å². The molecule has 0 atom stereocenters. The van der Waals surface area contributed by atoms with E-state index >= 15 is 0 Å². The highest BCUT2D eigenvalue weighted by Crippen LogP contribution is 2.26. The Morgan fingerprint density at radius 1 is 1.14 bits per heavy atom. The van der Waals surface area contributed by atoms with Crippen LogP contribution in [0.15, 0.2) is 41.3 Å². The maximum atomic E-state index is 12.7. The minimum absolute atomic E-state index is 0.0419. The van der Waals surface area contributed by atoms with Crippen LogP contribution in [0, 0.1) is 0 Å². The Kier molecular flexibility index (Phi) is 4.10. The third-order valence-corrected chi connectivity index (χ3v) is 6.32. The molecule has 0 unspecified atom stereocenters. The summed E-state index contributed by atoms with van der Waals surface area (Å²) in [5, 5.41) is 1.56. The largest absolute Gasteiger partial charge is 0.399 e. The summed E-state index contributed by atoms with van der Waals surface area (Å²) in [5.74, 6) is 2.03. The molecule has 1 heterocycles. The molecule has 0 amide bonds. The van der Waals surface area contributed by atoms with Crippen LogP contribution in [0.4, 0.5) is 5.69 Å². The van der Waals surface area contributed by atoms with E-state index in [1.807, 2.05) is 17.8 Å². The van der Waals surface area contributed by atoms with E-state index in [9.17, 15) is 8.42 Å². The second kappa shape index (κ2) is 5.87. The van der Waals surface area contributed by atoms with Crippen molar-refractivity contribution < 1.29 is 8.42 Å². The molecule has 0 aliphatic carbocycles. The lowest BCUT2D eigenvalue weighted by molar-refractivity contribution is 0.529. The summed E-state index contributed by atoms with van der Waals surface area (Å²) in [6.45, 7) is 0. The van der Waals surface area contributed by atoms with E-state index < -0.39 is 10.0 Å². The van der Waals surface area contributed by atoms with Crippen LogP contribution < -0.4 is 10.5 Å². The maximum Gasteiger partial charge on any atom is 0.241 e. The fraction of sp³-hybridized carbons (Fsp3) is 0.333. The molecule has 112 valence electrons. The molecule has 1 fully saturated rings. The van der Waals surface area contributed by atoms with Gasteiger partial charge in [-0.05, 0) is 47.9 Å². The first kappa shape index (κ1) is 14.7. The highest BCUT2D eigenvalue weighted by Gasteiger charge is 2.23. The van der Waals surface area contributed by atoms with Gasteiger partial charge in [0, 0.05) is 17.1 Å². The summed E-state index contributed by atoms with van der Waals surface area (Å²) >= 11 is 1.88. The van der Waals surface area contributed by atoms with Gasteiger partial charge in [-0.2, -0.15) is 11.8 Å². The third kappa shape index (κ3) is 3.17. The Morgan fingerprint density at radius 3 is 2.67 bits per heavy atom. The van der Waals surface area contributed by atoms with E-state index in [1.165, 1.54) is 0 Å². The van der Waals surface area contributed by atoms with Gasteiger partial charge in [-0.15, -0.1) is 0 Å². The average Bonchev–Trinajstić information content (AvgIpc) is 2.47. The number of nitrogen functional groups attached to an aromatic ring is 1. The highest BCUT2D eigenvalue weighted by atomic mass is 32.2. The topological polar surface area (TPSA) is 72.2 Å². The third-order valence-electron chi connectivity index (χ3n) is 3.70. The van der Waals surface area contributed by atoms with Crippen LogP contribution in [-0.4, -0.2) is 26.0 Å². The zero-order chi connectivity index (χ0) is 14.9. The molecule has 0 spiro atoms. The fourth-order valence-electron chi connectivity index (χ4n) is 2.61. The Morgan fingerprint density at radius 2 is 1.90 bits per heavy atom. The predicted molar refractivity (Wildman–Crippen MR) is 89.0 cm³/mol. The SMILES string of the molecule is Nc1ccc2c(S(=O)(=O)NC3CCSCC3)cccc2c1. The molecule has 2 aromatic rings. The summed E-state index contributed by atoms with van der Waals surface area (Å²) in [6.07, 6.45) is 1.78. The molecule has 0 aromatic heterocycles. The van der Waals surface area contributed by atoms with Crippen molar-refractivity contribution >= 4 is 38.2 Å². The lowest BCUT2D eigenvalue weighted by Crippen LogP contribution is -2.37. The van der Waals surface area contributed by atoms with Gasteiger partial charge in [0.2, 0.25) is 10.0 Å². The maximum absolute atomic E-state index is 12.7. The molecule has 3 rings (SSSR count). The monoisotopic (exact) mass is 322 g/mol. The summed E-state index contributed by atoms with van der Waals surface area (Å²) in [5.41, 5.74) is 6.40. The molecule has 6 heteroatoms. The molecule has 1 saturated heterocycles. The Balaban J connectivity index is 1.98. The van der Waals surface area contributed by atoms with Crippen LogP contribution in [0.2, 0.25) is 0 Å². The van der Waals surface area contributed by atoms with E-state index in [0.29, 0.717) is 16.0 Å². The molecule has 4 nitrogen and oxygen atoms in total. The van der Waals surface area contributed by atoms with Crippen LogP contribution in [0.25, 0.3) is 10.8 Å². The fourth-order valence-corrected chi connectivity index (χ4v) is 5.25. The number of sulfonamides is 1. The van der Waals surface area contributed by atoms with Gasteiger partial charge in [0.05, 0.1) is 4.90 Å². The van der Waals surface area contributed by atoms with Crippen molar-refractivity contribution in [1.29, 1.82) is 0 Å². The highest BCUT2D eigenvalue weighted by molar-refractivity contribution is 7.99. The van der Waals surface area contributed by atoms with Crippen molar-refractivity contribution in [3.05, 3.63) is 36.4 Å². The van der Waals surface area contributed by atoms with Gasteiger partial charge in [0.25, 0.3) is 0 Å². The average molecular weight is 322 g/mol. The Labute approximate surface area is 129 Å². The summed E-state index contributed by atoms with van der Waals surface area (Å²) in [7, 11) is -3.50. The van der Waals surface area contributed by atoms with Crippen molar-refractivity contribution in [2.75, 3.05) is 17.2 Å². The number of benzene rings is 2. The van der Waals surface area contributed by atoms with Gasteiger partial charge in [-0.25, -0.2) is 13.1 Å². The van der Waals surface area contributed by atoms with Crippen molar-refractivity contribution in [1.82, 2.24) is 4.72 Å². The first-order chi connectivity index (χ1) is 10.1. The van der Waals surface area contributed by atoms with Crippen LogP contribution in [0.5, 0.6) is 0 Å². The van der Waals surface area contributed by atoms with E-state index in [4.69, 9.17) is 5.73 Å². The van der Waals surface area contributed by atoms with E-state index in [1.54, 1.807) is 30.3 Å². The number of hydrogen-bond donors (Lipinski definition) is 2. The number of nitrogens with two attached hydrogens (primary N) is 1. The quantitative estimate of drug-likeness (QED) is 0.852. The van der Waals surface area contributed by atoms with Gasteiger partial charge < -0.3 is 5.73 Å². The summed E-state index contributed by atoms with van der Waals surface area (Å²) < 4.78 is 28.1. The normalized spacial score (nSPS) is 17.1. The van der Waals surface area contributed by atoms with Crippen molar-refractivity contribution in [3.63, 3.8) is 0 Å². The van der Waals surface area contributed by atoms with Gasteiger partial charge in [0.1, 0.15) is 0 Å². The first-order valence-corrected chi connectivity index (χ1v) is 9.58. The van der Waals surface area contributed by atoms with Crippen LogP contribution >= 0.6 is 11.8 Å². The minimum Gasteiger partial charge on any atom is -0.399 e. The second-order valence-electron chi connectivity index (χ2n) is 5.24. The van der Waals surface area contributed by atoms with Gasteiger partial charge in [-0.3, -0.25) is 0 Å². The number of thioether (sulfide) groups is 1. The van der Waals surface area contributed by atoms with Gasteiger partial charge >= 0.3 is 0 Å². The van der Waals surface area contributed by atoms with E-state index in [2.05, 4.69) is 4.72 Å². The zero-order valence-corrected chi connectivity index (χ0v) is 13.2. The van der Waals surface area contributed by atoms with Crippen molar-refractivity contribution in [2.24, 2.45) is 0 Å². The smallest absolute Gasteiger partial charge is 0.241 e. The number of anilines is 1. The molecular formula is C15H18N2O2S2. The zero-order valence-electron chi connectivity index (χ0n) is 11.6. The van der Waals surface area contributed by atoms with Gasteiger partial charge in [-0.1, -0.05) is 18.2 Å². The standard InChI is InChI=1S/C15H18N2O2S2/c16-12-4-5-14-11(10-12)2-1-3-15(14)21(18,19)17-13-6-8-20-9-7-13/h1-5,10,13,17H,6-9,16H2.